The van der Waals surface area contributed by atoms with Gasteiger partial charge in [-0.15, -0.1) is 0 Å². The standard InChI is InChI=1S/C29H29N7.C7H4N2O/c1-34-16-18-35(19-17-34)20-21-9-11-23(12-10-21)36-28(24-8-5-15-31-27(24)30)33-26-14-13-25(32-29(26)36)22-6-3-2-4-7-22;8-3-6-1-2-9-4-7(6)5-10/h2-15H,16-20H2,1H3,(H2,30,31);1-2,4-5H. The van der Waals surface area contributed by atoms with Crippen LogP contribution in [0, 0.1) is 11.3 Å². The zero-order valence-corrected chi connectivity index (χ0v) is 25.5. The molecule has 4 aromatic heterocycles. The van der Waals surface area contributed by atoms with E-state index in [1.165, 1.54) is 24.0 Å². The summed E-state index contributed by atoms with van der Waals surface area (Å²) in [6, 6.07) is 30.2. The van der Waals surface area contributed by atoms with Gasteiger partial charge in [0.2, 0.25) is 0 Å². The number of carbonyl (C=O) groups is 1. The SMILES string of the molecule is CN1CCN(Cc2ccc(-n3c(-c4cccnc4N)nc4ccc(-c5ccccc5)nc43)cc2)CC1.N#Cc1ccncc1C=O. The van der Waals surface area contributed by atoms with Gasteiger partial charge in [-0.25, -0.2) is 15.0 Å². The van der Waals surface area contributed by atoms with Gasteiger partial charge >= 0.3 is 0 Å². The molecule has 0 saturated carbocycles. The Kier molecular flexibility index (Phi) is 9.15. The van der Waals surface area contributed by atoms with Crippen molar-refractivity contribution in [3.8, 4) is 34.4 Å². The van der Waals surface area contributed by atoms with E-state index in [0.29, 0.717) is 23.2 Å². The molecule has 2 N–H and O–H groups in total. The van der Waals surface area contributed by atoms with Gasteiger partial charge in [0.15, 0.2) is 17.8 Å². The molecule has 10 nitrogen and oxygen atoms in total. The summed E-state index contributed by atoms with van der Waals surface area (Å²) in [4.78, 5) is 33.1. The molecule has 0 bridgehead atoms. The van der Waals surface area contributed by atoms with Gasteiger partial charge in [-0.1, -0.05) is 42.5 Å². The number of likely N-dealkylation sites (N-methyl/N-ethyl adjacent to an activating group) is 1. The molecule has 228 valence electrons. The number of aldehydes is 1. The molecule has 46 heavy (non-hydrogen) atoms. The fourth-order valence-corrected chi connectivity index (χ4v) is 5.38. The molecule has 2 aromatic carbocycles. The third kappa shape index (κ3) is 6.66. The van der Waals surface area contributed by atoms with Gasteiger partial charge in [-0.3, -0.25) is 19.2 Å². The zero-order chi connectivity index (χ0) is 31.9. The summed E-state index contributed by atoms with van der Waals surface area (Å²) in [5.41, 5.74) is 13.7. The van der Waals surface area contributed by atoms with E-state index in [0.717, 1.165) is 72.2 Å². The van der Waals surface area contributed by atoms with E-state index in [4.69, 9.17) is 21.0 Å². The lowest BCUT2D eigenvalue weighted by atomic mass is 10.1. The summed E-state index contributed by atoms with van der Waals surface area (Å²) in [6.07, 6.45) is 5.16. The minimum absolute atomic E-state index is 0.338. The zero-order valence-electron chi connectivity index (χ0n) is 25.5. The first kappa shape index (κ1) is 30.3. The Hall–Kier alpha value is -5.76. The highest BCUT2D eigenvalue weighted by molar-refractivity contribution is 5.84. The summed E-state index contributed by atoms with van der Waals surface area (Å²) < 4.78 is 2.09. The van der Waals surface area contributed by atoms with E-state index < -0.39 is 0 Å². The summed E-state index contributed by atoms with van der Waals surface area (Å²) in [5, 5.41) is 8.41. The second-order valence-corrected chi connectivity index (χ2v) is 11.1. The highest BCUT2D eigenvalue weighted by Crippen LogP contribution is 2.31. The minimum Gasteiger partial charge on any atom is -0.383 e. The van der Waals surface area contributed by atoms with Crippen LogP contribution in [0.25, 0.3) is 39.5 Å². The predicted octanol–water partition coefficient (Wildman–Crippen LogP) is 5.24. The first-order chi connectivity index (χ1) is 22.5. The third-order valence-corrected chi connectivity index (χ3v) is 7.95. The average molecular weight is 608 g/mol. The lowest BCUT2D eigenvalue weighted by Crippen LogP contribution is -2.43. The first-order valence-corrected chi connectivity index (χ1v) is 15.0. The Morgan fingerprint density at radius 2 is 1.67 bits per heavy atom. The Bertz CT molecular complexity index is 1990. The predicted molar refractivity (Wildman–Crippen MR) is 179 cm³/mol. The lowest BCUT2D eigenvalue weighted by molar-refractivity contribution is 0.112. The number of nitrogens with two attached hydrogens (primary N) is 1. The van der Waals surface area contributed by atoms with Gasteiger partial charge in [0.05, 0.1) is 28.5 Å². The highest BCUT2D eigenvalue weighted by Gasteiger charge is 2.19. The average Bonchev–Trinajstić information content (AvgIpc) is 3.49. The van der Waals surface area contributed by atoms with E-state index in [-0.39, 0.29) is 0 Å². The smallest absolute Gasteiger partial charge is 0.165 e. The molecule has 0 radical (unpaired) electrons. The van der Waals surface area contributed by atoms with Crippen LogP contribution < -0.4 is 5.73 Å². The molecule has 0 spiro atoms. The molecular formula is C36H33N9O. The number of nitrogen functional groups attached to an aromatic ring is 1. The van der Waals surface area contributed by atoms with Gasteiger partial charge in [0, 0.05) is 62.6 Å². The van der Waals surface area contributed by atoms with E-state index in [9.17, 15) is 4.79 Å². The van der Waals surface area contributed by atoms with Crippen molar-refractivity contribution < 1.29 is 4.79 Å². The summed E-state index contributed by atoms with van der Waals surface area (Å²) in [5.74, 6) is 1.18. The number of nitrogens with zero attached hydrogens (tertiary/aromatic N) is 8. The van der Waals surface area contributed by atoms with E-state index >= 15 is 0 Å². The highest BCUT2D eigenvalue weighted by atomic mass is 16.1. The number of fused-ring (bicyclic) bond motifs is 1. The van der Waals surface area contributed by atoms with Crippen molar-refractivity contribution in [1.29, 1.82) is 5.26 Å². The molecule has 7 rings (SSSR count). The van der Waals surface area contributed by atoms with Gasteiger partial charge in [0.1, 0.15) is 11.3 Å². The molecule has 10 heteroatoms. The van der Waals surface area contributed by atoms with Crippen LogP contribution >= 0.6 is 0 Å². The maximum atomic E-state index is 10.2. The number of benzene rings is 2. The Labute approximate surface area is 267 Å². The molecular weight excluding hydrogens is 574 g/mol. The van der Waals surface area contributed by atoms with E-state index in [1.54, 1.807) is 6.20 Å². The Morgan fingerprint density at radius 3 is 2.37 bits per heavy atom. The quantitative estimate of drug-likeness (QED) is 0.253. The van der Waals surface area contributed by atoms with E-state index in [1.807, 2.05) is 48.5 Å². The summed E-state index contributed by atoms with van der Waals surface area (Å²) in [7, 11) is 2.19. The monoisotopic (exact) mass is 607 g/mol. The number of aromatic nitrogens is 5. The van der Waals surface area contributed by atoms with Crippen LogP contribution in [0.4, 0.5) is 5.82 Å². The molecule has 6 aromatic rings. The van der Waals surface area contributed by atoms with Crippen molar-refractivity contribution in [3.05, 3.63) is 120 Å². The van der Waals surface area contributed by atoms with E-state index in [2.05, 4.69) is 67.8 Å². The third-order valence-electron chi connectivity index (χ3n) is 7.95. The molecule has 1 aliphatic rings. The van der Waals surface area contributed by atoms with Crippen molar-refractivity contribution in [2.24, 2.45) is 0 Å². The molecule has 5 heterocycles. The van der Waals surface area contributed by atoms with Crippen LogP contribution in [0.15, 0.2) is 104 Å². The number of nitriles is 1. The molecule has 1 fully saturated rings. The number of pyridine rings is 3. The number of piperazine rings is 1. The number of hydrogen-bond acceptors (Lipinski definition) is 9. The van der Waals surface area contributed by atoms with Gasteiger partial charge in [-0.2, -0.15) is 5.26 Å². The van der Waals surface area contributed by atoms with Crippen LogP contribution in [0.5, 0.6) is 0 Å². The van der Waals surface area contributed by atoms with Crippen LogP contribution in [-0.4, -0.2) is 73.8 Å². The maximum Gasteiger partial charge on any atom is 0.165 e. The van der Waals surface area contributed by atoms with Crippen LogP contribution in [-0.2, 0) is 6.54 Å². The number of carbonyl (C=O) groups excluding carboxylic acids is 1. The van der Waals surface area contributed by atoms with Crippen LogP contribution in [0.3, 0.4) is 0 Å². The topological polar surface area (TPSA) is 130 Å². The normalized spacial score (nSPS) is 13.5. The fraction of sp³-hybridized carbons (Fsp3) is 0.167. The number of anilines is 1. The van der Waals surface area contributed by atoms with Crippen molar-refractivity contribution in [1.82, 2.24) is 34.3 Å². The summed E-state index contributed by atoms with van der Waals surface area (Å²) >= 11 is 0. The Balaban J connectivity index is 0.000000319. The molecule has 0 atom stereocenters. The second kappa shape index (κ2) is 13.9. The van der Waals surface area contributed by atoms with Crippen molar-refractivity contribution in [2.75, 3.05) is 39.0 Å². The maximum absolute atomic E-state index is 10.2. The number of rotatable bonds is 6. The van der Waals surface area contributed by atoms with Crippen molar-refractivity contribution in [2.45, 2.75) is 6.54 Å². The van der Waals surface area contributed by atoms with Gasteiger partial charge in [-0.05, 0) is 55.1 Å². The number of hydrogen-bond donors (Lipinski definition) is 1. The van der Waals surface area contributed by atoms with Gasteiger partial charge in [0.25, 0.3) is 0 Å². The summed E-state index contributed by atoms with van der Waals surface area (Å²) in [6.45, 7) is 5.38. The largest absolute Gasteiger partial charge is 0.383 e. The van der Waals surface area contributed by atoms with Crippen LogP contribution in [0.1, 0.15) is 21.5 Å². The molecule has 0 amide bonds. The van der Waals surface area contributed by atoms with Gasteiger partial charge < -0.3 is 10.6 Å². The molecule has 0 unspecified atom stereocenters. The fourth-order valence-electron chi connectivity index (χ4n) is 5.38. The molecule has 1 saturated heterocycles. The minimum atomic E-state index is 0.338. The molecule has 1 aliphatic heterocycles. The number of imidazole rings is 1. The lowest BCUT2D eigenvalue weighted by Gasteiger charge is -2.32. The van der Waals surface area contributed by atoms with Crippen LogP contribution in [0.2, 0.25) is 0 Å². The van der Waals surface area contributed by atoms with Crippen molar-refractivity contribution in [3.63, 3.8) is 0 Å². The first-order valence-electron chi connectivity index (χ1n) is 15.0. The Morgan fingerprint density at radius 1 is 0.891 bits per heavy atom. The van der Waals surface area contributed by atoms with Crippen molar-refractivity contribution >= 4 is 23.3 Å². The second-order valence-electron chi connectivity index (χ2n) is 11.1. The molecule has 0 aliphatic carbocycles.